The van der Waals surface area contributed by atoms with Crippen molar-refractivity contribution >= 4 is 17.7 Å². The van der Waals surface area contributed by atoms with E-state index in [0.717, 1.165) is 6.54 Å². The molecule has 0 saturated heterocycles. The van der Waals surface area contributed by atoms with Crippen LogP contribution in [0.4, 0.5) is 0 Å². The fourth-order valence-electron chi connectivity index (χ4n) is 1.40. The number of likely N-dealkylation sites (N-methyl/N-ethyl adjacent to an activating group) is 1. The zero-order chi connectivity index (χ0) is 18.2. The van der Waals surface area contributed by atoms with Crippen LogP contribution in [0.5, 0.6) is 0 Å². The Balaban J connectivity index is 3.26. The molecule has 0 aromatic heterocycles. The summed E-state index contributed by atoms with van der Waals surface area (Å²) in [6.45, 7) is 3.59. The highest BCUT2D eigenvalue weighted by molar-refractivity contribution is 6.32. The Morgan fingerprint density at radius 1 is 0.792 bits per heavy atom. The fourth-order valence-corrected chi connectivity index (χ4v) is 1.40. The average Bonchev–Trinajstić information content (AvgIpc) is 2.53. The molecule has 0 amide bonds. The van der Waals surface area contributed by atoms with Gasteiger partial charge in [0.15, 0.2) is 0 Å². The van der Waals surface area contributed by atoms with Gasteiger partial charge in [0.25, 0.3) is 0 Å². The van der Waals surface area contributed by atoms with Crippen molar-refractivity contribution in [3.05, 3.63) is 0 Å². The zero-order valence-electron chi connectivity index (χ0n) is 14.3. The predicted octanol–water partition coefficient (Wildman–Crippen LogP) is -0.425. The van der Waals surface area contributed by atoms with Crippen molar-refractivity contribution < 1.29 is 38.4 Å². The molecule has 1 N–H and O–H groups in total. The molecule has 0 rings (SSSR count). The van der Waals surface area contributed by atoms with Gasteiger partial charge in [0, 0.05) is 13.0 Å². The first-order chi connectivity index (χ1) is 11.4. The molecule has 0 aliphatic carbocycles. The molecule has 0 atom stereocenters. The van der Waals surface area contributed by atoms with Gasteiger partial charge in [-0.15, -0.1) is 0 Å². The summed E-state index contributed by atoms with van der Waals surface area (Å²) in [5.41, 5.74) is 0. The van der Waals surface area contributed by atoms with Gasteiger partial charge in [0.2, 0.25) is 5.78 Å². The summed E-state index contributed by atoms with van der Waals surface area (Å²) in [6.07, 6.45) is -0.610. The van der Waals surface area contributed by atoms with E-state index in [2.05, 4.69) is 0 Å². The van der Waals surface area contributed by atoms with Crippen LogP contribution in [0.2, 0.25) is 0 Å². The van der Waals surface area contributed by atoms with E-state index in [9.17, 15) is 14.4 Å². The zero-order valence-corrected chi connectivity index (χ0v) is 14.3. The van der Waals surface area contributed by atoms with Gasteiger partial charge in [-0.1, -0.05) is 0 Å². The minimum Gasteiger partial charge on any atom is -0.476 e. The van der Waals surface area contributed by atoms with Gasteiger partial charge in [-0.3, -0.25) is 9.59 Å². The van der Waals surface area contributed by atoms with Gasteiger partial charge in [0.05, 0.1) is 46.1 Å². The maximum absolute atomic E-state index is 11.2. The Morgan fingerprint density at radius 3 is 1.79 bits per heavy atom. The number of ether oxygens (including phenoxy) is 4. The maximum Gasteiger partial charge on any atom is 0.372 e. The summed E-state index contributed by atoms with van der Waals surface area (Å²) in [4.78, 5) is 34.3. The highest BCUT2D eigenvalue weighted by Gasteiger charge is 2.13. The van der Waals surface area contributed by atoms with E-state index in [-0.39, 0.29) is 26.1 Å². The van der Waals surface area contributed by atoms with E-state index in [4.69, 9.17) is 24.1 Å². The van der Waals surface area contributed by atoms with Gasteiger partial charge in [-0.05, 0) is 14.1 Å². The second kappa shape index (κ2) is 15.0. The predicted molar refractivity (Wildman–Crippen MR) is 83.8 cm³/mol. The lowest BCUT2D eigenvalue weighted by Gasteiger charge is -2.10. The van der Waals surface area contributed by atoms with Gasteiger partial charge in [-0.2, -0.15) is 0 Å². The van der Waals surface area contributed by atoms with Crippen molar-refractivity contribution in [1.29, 1.82) is 0 Å². The first-order valence-electron chi connectivity index (χ1n) is 7.73. The van der Waals surface area contributed by atoms with Crippen LogP contribution in [0.3, 0.4) is 0 Å². The van der Waals surface area contributed by atoms with Gasteiger partial charge < -0.3 is 29.0 Å². The number of hydrogen-bond donors (Lipinski definition) is 1. The Kier molecular flexibility index (Phi) is 14.0. The fraction of sp³-hybridized carbons (Fsp3) is 0.800. The molecule has 0 heterocycles. The van der Waals surface area contributed by atoms with Crippen molar-refractivity contribution in [3.8, 4) is 0 Å². The SMILES string of the molecule is CN(C)CCOCCOCCOCCOC(=O)CCC(=O)C(=O)O. The number of carbonyl (C=O) groups excluding carboxylic acids is 2. The molecule has 0 aromatic rings. The van der Waals surface area contributed by atoms with Crippen LogP contribution in [-0.4, -0.2) is 94.6 Å². The molecule has 0 saturated carbocycles. The Bertz CT molecular complexity index is 372. The van der Waals surface area contributed by atoms with Crippen LogP contribution in [0, 0.1) is 0 Å². The normalized spacial score (nSPS) is 10.8. The summed E-state index contributed by atoms with van der Waals surface area (Å²) in [5, 5.41) is 8.35. The molecule has 0 unspecified atom stereocenters. The molecule has 0 aliphatic rings. The highest BCUT2D eigenvalue weighted by atomic mass is 16.6. The topological polar surface area (TPSA) is 112 Å². The number of carbonyl (C=O) groups is 3. The van der Waals surface area contributed by atoms with Crippen molar-refractivity contribution in [2.24, 2.45) is 0 Å². The third kappa shape index (κ3) is 15.3. The molecular formula is C15H27NO8. The number of Topliss-reactive ketones (excluding diaryl/α,β-unsaturated/α-hetero) is 1. The number of esters is 1. The molecule has 0 fully saturated rings. The highest BCUT2D eigenvalue weighted by Crippen LogP contribution is 1.95. The lowest BCUT2D eigenvalue weighted by Crippen LogP contribution is -2.19. The van der Waals surface area contributed by atoms with Gasteiger partial charge >= 0.3 is 11.9 Å². The summed E-state index contributed by atoms with van der Waals surface area (Å²) < 4.78 is 20.6. The Morgan fingerprint density at radius 2 is 1.29 bits per heavy atom. The van der Waals surface area contributed by atoms with E-state index in [1.54, 1.807) is 0 Å². The average molecular weight is 349 g/mol. The molecule has 140 valence electrons. The summed E-state index contributed by atoms with van der Waals surface area (Å²) in [7, 11) is 3.95. The number of nitrogens with zero attached hydrogens (tertiary/aromatic N) is 1. The number of carboxylic acid groups (broad SMARTS) is 1. The lowest BCUT2D eigenvalue weighted by molar-refractivity contribution is -0.151. The van der Waals surface area contributed by atoms with Crippen LogP contribution in [0.1, 0.15) is 12.8 Å². The van der Waals surface area contributed by atoms with Crippen LogP contribution in [0.25, 0.3) is 0 Å². The largest absolute Gasteiger partial charge is 0.476 e. The molecule has 9 heteroatoms. The second-order valence-corrected chi connectivity index (χ2v) is 5.09. The third-order valence-electron chi connectivity index (χ3n) is 2.71. The van der Waals surface area contributed by atoms with Gasteiger partial charge in [0.1, 0.15) is 6.61 Å². The minimum atomic E-state index is -1.55. The first kappa shape index (κ1) is 22.4. The van der Waals surface area contributed by atoms with E-state index >= 15 is 0 Å². The van der Waals surface area contributed by atoms with E-state index in [0.29, 0.717) is 33.0 Å². The van der Waals surface area contributed by atoms with Crippen LogP contribution in [0.15, 0.2) is 0 Å². The molecule has 24 heavy (non-hydrogen) atoms. The molecule has 0 bridgehead atoms. The summed E-state index contributed by atoms with van der Waals surface area (Å²) >= 11 is 0. The minimum absolute atomic E-state index is 0.0493. The quantitative estimate of drug-likeness (QED) is 0.225. The van der Waals surface area contributed by atoms with E-state index in [1.807, 2.05) is 19.0 Å². The number of hydrogen-bond acceptors (Lipinski definition) is 8. The van der Waals surface area contributed by atoms with Crippen LogP contribution >= 0.6 is 0 Å². The monoisotopic (exact) mass is 349 g/mol. The van der Waals surface area contributed by atoms with Gasteiger partial charge in [-0.25, -0.2) is 4.79 Å². The molecule has 9 nitrogen and oxygen atoms in total. The smallest absolute Gasteiger partial charge is 0.372 e. The maximum atomic E-state index is 11.2. The van der Waals surface area contributed by atoms with E-state index in [1.165, 1.54) is 0 Å². The molecule has 0 radical (unpaired) electrons. The lowest BCUT2D eigenvalue weighted by atomic mass is 10.2. The number of carboxylic acids is 1. The number of aliphatic carboxylic acids is 1. The summed E-state index contributed by atoms with van der Waals surface area (Å²) in [5.74, 6) is -3.18. The first-order valence-corrected chi connectivity index (χ1v) is 7.73. The standard InChI is InChI=1S/C15H27NO8/c1-16(2)5-6-21-7-8-22-9-10-23-11-12-24-14(18)4-3-13(17)15(19)20/h3-12H2,1-2H3,(H,19,20). The number of rotatable bonds is 16. The van der Waals surface area contributed by atoms with Crippen molar-refractivity contribution in [1.82, 2.24) is 4.90 Å². The summed E-state index contributed by atoms with van der Waals surface area (Å²) in [6, 6.07) is 0. The Hall–Kier alpha value is -1.55. The van der Waals surface area contributed by atoms with E-state index < -0.39 is 17.7 Å². The molecule has 0 spiro atoms. The molecule has 0 aromatic carbocycles. The van der Waals surface area contributed by atoms with Crippen molar-refractivity contribution in [3.63, 3.8) is 0 Å². The van der Waals surface area contributed by atoms with Crippen molar-refractivity contribution in [2.45, 2.75) is 12.8 Å². The number of ketones is 1. The van der Waals surface area contributed by atoms with Crippen LogP contribution < -0.4 is 0 Å². The van der Waals surface area contributed by atoms with Crippen molar-refractivity contribution in [2.75, 3.05) is 66.9 Å². The third-order valence-corrected chi connectivity index (χ3v) is 2.71. The van der Waals surface area contributed by atoms with Crippen LogP contribution in [-0.2, 0) is 33.3 Å². The second-order valence-electron chi connectivity index (χ2n) is 5.09. The molecule has 0 aliphatic heterocycles. The Labute approximate surface area is 141 Å². The molecular weight excluding hydrogens is 322 g/mol.